The highest BCUT2D eigenvalue weighted by Gasteiger charge is 2.40. The second kappa shape index (κ2) is 7.75. The summed E-state index contributed by atoms with van der Waals surface area (Å²) in [5, 5.41) is 0. The molecule has 0 aromatic heterocycles. The van der Waals surface area contributed by atoms with Crippen molar-refractivity contribution in [1.29, 1.82) is 0 Å². The summed E-state index contributed by atoms with van der Waals surface area (Å²) in [7, 11) is 1.96. The van der Waals surface area contributed by atoms with Crippen molar-refractivity contribution in [2.24, 2.45) is 4.99 Å². The molecule has 1 aromatic rings. The third-order valence-electron chi connectivity index (χ3n) is 5.33. The molecule has 0 bridgehead atoms. The highest BCUT2D eigenvalue weighted by molar-refractivity contribution is 5.47. The van der Waals surface area contributed by atoms with Crippen molar-refractivity contribution in [3.05, 3.63) is 71.3 Å². The van der Waals surface area contributed by atoms with Gasteiger partial charge in [-0.2, -0.15) is 0 Å². The predicted octanol–water partition coefficient (Wildman–Crippen LogP) is 6.18. The van der Waals surface area contributed by atoms with Crippen LogP contribution in [0.15, 0.2) is 59.4 Å². The van der Waals surface area contributed by atoms with Crippen LogP contribution in [-0.4, -0.2) is 24.2 Å². The molecule has 1 aromatic carbocycles. The number of halogens is 3. The van der Waals surface area contributed by atoms with Crippen molar-refractivity contribution in [3.63, 3.8) is 0 Å². The molecule has 1 saturated carbocycles. The van der Waals surface area contributed by atoms with E-state index in [1.807, 2.05) is 13.2 Å². The molecular formula is C22H27F3N2. The third kappa shape index (κ3) is 4.52. The van der Waals surface area contributed by atoms with E-state index in [2.05, 4.69) is 30.1 Å². The van der Waals surface area contributed by atoms with E-state index >= 15 is 0 Å². The van der Waals surface area contributed by atoms with E-state index < -0.39 is 23.2 Å². The number of rotatable bonds is 8. The van der Waals surface area contributed by atoms with Gasteiger partial charge in [0.05, 0.1) is 11.3 Å². The van der Waals surface area contributed by atoms with Gasteiger partial charge in [-0.05, 0) is 38.1 Å². The Morgan fingerprint density at radius 2 is 2.00 bits per heavy atom. The first-order valence-electron chi connectivity index (χ1n) is 8.96. The highest BCUT2D eigenvalue weighted by Crippen LogP contribution is 2.42. The minimum absolute atomic E-state index is 0.0578. The van der Waals surface area contributed by atoms with Gasteiger partial charge in [0, 0.05) is 37.2 Å². The predicted molar refractivity (Wildman–Crippen MR) is 106 cm³/mol. The number of aliphatic imine (C=N–C) groups is 1. The lowest BCUT2D eigenvalue weighted by Gasteiger charge is -2.27. The Kier molecular flexibility index (Phi) is 6.03. The van der Waals surface area contributed by atoms with Crippen LogP contribution >= 0.6 is 0 Å². The van der Waals surface area contributed by atoms with Gasteiger partial charge < -0.3 is 4.90 Å². The molecular weight excluding hydrogens is 349 g/mol. The lowest BCUT2D eigenvalue weighted by Crippen LogP contribution is -2.26. The normalized spacial score (nSPS) is 18.0. The number of alkyl halides is 2. The monoisotopic (exact) mass is 376 g/mol. The van der Waals surface area contributed by atoms with Crippen molar-refractivity contribution in [2.75, 3.05) is 7.05 Å². The Bertz CT molecular complexity index is 783. The maximum atomic E-state index is 14.9. The lowest BCUT2D eigenvalue weighted by atomic mass is 9.88. The van der Waals surface area contributed by atoms with Gasteiger partial charge in [0.2, 0.25) is 0 Å². The van der Waals surface area contributed by atoms with E-state index in [4.69, 9.17) is 0 Å². The molecule has 0 aliphatic heterocycles. The van der Waals surface area contributed by atoms with Crippen LogP contribution < -0.4 is 0 Å². The number of benzene rings is 1. The largest absolute Gasteiger partial charge is 0.375 e. The molecule has 2 rings (SSSR count). The molecule has 0 N–H and O–H groups in total. The van der Waals surface area contributed by atoms with Gasteiger partial charge in [-0.25, -0.2) is 13.2 Å². The molecule has 146 valence electrons. The standard InChI is InChI=1S/C22H27F3N2/c1-7-9-19(26-5)17(14-27(6)21(3)12-13-21)15(2)16-10-8-11-18(20(16)23)22(4,24)25/h7-11,14-15H,1,5,12-13H2,2-4,6H3/b17-14-,19-9+. The van der Waals surface area contributed by atoms with Crippen LogP contribution in [0.1, 0.15) is 50.7 Å². The first kappa shape index (κ1) is 21.0. The van der Waals surface area contributed by atoms with Crippen LogP contribution in [0.5, 0.6) is 0 Å². The van der Waals surface area contributed by atoms with E-state index in [0.717, 1.165) is 18.9 Å². The maximum Gasteiger partial charge on any atom is 0.273 e. The second-order valence-corrected chi connectivity index (χ2v) is 7.46. The van der Waals surface area contributed by atoms with Crippen LogP contribution in [0.4, 0.5) is 13.2 Å². The molecule has 1 aliphatic rings. The summed E-state index contributed by atoms with van der Waals surface area (Å²) in [5.74, 6) is -4.63. The summed E-state index contributed by atoms with van der Waals surface area (Å²) in [6.07, 6.45) is 7.31. The fourth-order valence-electron chi connectivity index (χ4n) is 3.04. The zero-order valence-corrected chi connectivity index (χ0v) is 16.4. The Balaban J connectivity index is 2.56. The van der Waals surface area contributed by atoms with E-state index in [1.165, 1.54) is 12.1 Å². The number of hydrogen-bond acceptors (Lipinski definition) is 2. The van der Waals surface area contributed by atoms with Crippen molar-refractivity contribution in [1.82, 2.24) is 4.90 Å². The van der Waals surface area contributed by atoms with Crippen LogP contribution in [0.25, 0.3) is 0 Å². The Hall–Kier alpha value is -2.30. The molecule has 1 unspecified atom stereocenters. The smallest absolute Gasteiger partial charge is 0.273 e. The fourth-order valence-corrected chi connectivity index (χ4v) is 3.04. The minimum Gasteiger partial charge on any atom is -0.375 e. The van der Waals surface area contributed by atoms with E-state index in [1.54, 1.807) is 19.1 Å². The molecule has 0 radical (unpaired) electrons. The highest BCUT2D eigenvalue weighted by atomic mass is 19.3. The van der Waals surface area contributed by atoms with Gasteiger partial charge in [-0.1, -0.05) is 37.8 Å². The van der Waals surface area contributed by atoms with Crippen molar-refractivity contribution < 1.29 is 13.2 Å². The summed E-state index contributed by atoms with van der Waals surface area (Å²) in [5.41, 5.74) is 0.905. The number of allylic oxidation sites excluding steroid dienone is 3. The van der Waals surface area contributed by atoms with Gasteiger partial charge in [-0.15, -0.1) is 0 Å². The van der Waals surface area contributed by atoms with Crippen molar-refractivity contribution in [2.45, 2.75) is 51.0 Å². The Morgan fingerprint density at radius 3 is 2.48 bits per heavy atom. The third-order valence-corrected chi connectivity index (χ3v) is 5.33. The second-order valence-electron chi connectivity index (χ2n) is 7.46. The maximum absolute atomic E-state index is 14.9. The topological polar surface area (TPSA) is 15.6 Å². The molecule has 0 heterocycles. The summed E-state index contributed by atoms with van der Waals surface area (Å²) in [6, 6.07) is 4.12. The minimum atomic E-state index is -3.25. The molecule has 2 nitrogen and oxygen atoms in total. The first-order valence-corrected chi connectivity index (χ1v) is 8.96. The number of hydrogen-bond donors (Lipinski definition) is 0. The SMILES string of the molecule is C=C/C=C(N=C)\C(=C/N(C)C1(C)CC1)C(C)c1cccc(C(C)(F)F)c1F. The quantitative estimate of drug-likeness (QED) is 0.391. The molecule has 0 spiro atoms. The van der Waals surface area contributed by atoms with Crippen molar-refractivity contribution in [3.8, 4) is 0 Å². The molecule has 1 aliphatic carbocycles. The van der Waals surface area contributed by atoms with Gasteiger partial charge in [0.1, 0.15) is 5.82 Å². The van der Waals surface area contributed by atoms with Gasteiger partial charge in [0.15, 0.2) is 0 Å². The Labute approximate surface area is 159 Å². The fraction of sp³-hybridized carbons (Fsp3) is 0.409. The van der Waals surface area contributed by atoms with E-state index in [9.17, 15) is 13.2 Å². The summed E-state index contributed by atoms with van der Waals surface area (Å²) in [4.78, 5) is 6.14. The lowest BCUT2D eigenvalue weighted by molar-refractivity contribution is 0.0136. The summed E-state index contributed by atoms with van der Waals surface area (Å²) >= 11 is 0. The van der Waals surface area contributed by atoms with Crippen LogP contribution in [-0.2, 0) is 5.92 Å². The first-order chi connectivity index (χ1) is 12.5. The number of nitrogens with zero attached hydrogens (tertiary/aromatic N) is 2. The summed E-state index contributed by atoms with van der Waals surface area (Å²) in [6.45, 7) is 11.9. The van der Waals surface area contributed by atoms with Crippen LogP contribution in [0.3, 0.4) is 0 Å². The zero-order valence-electron chi connectivity index (χ0n) is 16.4. The summed E-state index contributed by atoms with van der Waals surface area (Å²) < 4.78 is 42.4. The van der Waals surface area contributed by atoms with Gasteiger partial charge >= 0.3 is 0 Å². The zero-order chi connectivity index (χ0) is 20.4. The van der Waals surface area contributed by atoms with E-state index in [0.29, 0.717) is 18.2 Å². The van der Waals surface area contributed by atoms with Crippen LogP contribution in [0, 0.1) is 5.82 Å². The molecule has 0 saturated heterocycles. The molecule has 1 fully saturated rings. The average molecular weight is 376 g/mol. The van der Waals surface area contributed by atoms with Crippen molar-refractivity contribution >= 4 is 6.72 Å². The Morgan fingerprint density at radius 1 is 1.37 bits per heavy atom. The molecule has 1 atom stereocenters. The molecule has 0 amide bonds. The molecule has 27 heavy (non-hydrogen) atoms. The van der Waals surface area contributed by atoms with Gasteiger partial charge in [-0.3, -0.25) is 4.99 Å². The average Bonchev–Trinajstić information content (AvgIpc) is 3.35. The van der Waals surface area contributed by atoms with Crippen LogP contribution in [0.2, 0.25) is 0 Å². The molecule has 5 heteroatoms. The van der Waals surface area contributed by atoms with Gasteiger partial charge in [0.25, 0.3) is 5.92 Å². The van der Waals surface area contributed by atoms with E-state index in [-0.39, 0.29) is 11.1 Å².